The molecular weight excluding hydrogens is 470 g/mol. The predicted molar refractivity (Wildman–Crippen MR) is 132 cm³/mol. The van der Waals surface area contributed by atoms with Gasteiger partial charge in [-0.2, -0.15) is 9.64 Å². The van der Waals surface area contributed by atoms with Crippen LogP contribution in [0.1, 0.15) is 37.9 Å². The van der Waals surface area contributed by atoms with Crippen molar-refractivity contribution < 1.29 is 12.8 Å². The third-order valence-corrected chi connectivity index (χ3v) is 9.22. The normalized spacial score (nSPS) is 22.1. The average Bonchev–Trinajstić information content (AvgIpc) is 3.52. The number of nitrogens with one attached hydrogen (secondary N) is 1. The number of nitrogens with zero attached hydrogens (tertiary/aromatic N) is 4. The SMILES string of the molecule is N#Cc1ccc(S(=O)(=O)NC2CCC(CCN3CCN(c4nsc5ccccc45)CC3)CC2)o1. The highest BCUT2D eigenvalue weighted by Crippen LogP contribution is 2.31. The fraction of sp³-hybridized carbons (Fsp3) is 0.500. The number of rotatable bonds is 7. The molecule has 0 atom stereocenters. The summed E-state index contributed by atoms with van der Waals surface area (Å²) in [5, 5.41) is 9.91. The van der Waals surface area contributed by atoms with E-state index in [9.17, 15) is 8.42 Å². The van der Waals surface area contributed by atoms with E-state index in [0.717, 1.165) is 70.6 Å². The standard InChI is InChI=1S/C24H29N5O3S2/c25-17-20-9-10-23(32-20)34(30,31)27-19-7-5-18(6-8-19)11-12-28-13-15-29(16-14-28)24-21-3-1-2-4-22(21)33-26-24/h1-4,9-10,18-19,27H,5-8,11-16H2. The van der Waals surface area contributed by atoms with Gasteiger partial charge < -0.3 is 9.32 Å². The van der Waals surface area contributed by atoms with E-state index < -0.39 is 10.0 Å². The maximum absolute atomic E-state index is 12.5. The summed E-state index contributed by atoms with van der Waals surface area (Å²) >= 11 is 1.58. The molecule has 5 rings (SSSR count). The Hall–Kier alpha value is -2.45. The van der Waals surface area contributed by atoms with Gasteiger partial charge in [0.05, 0.1) is 4.70 Å². The first-order valence-corrected chi connectivity index (χ1v) is 14.1. The average molecular weight is 500 g/mol. The number of furan rings is 1. The fourth-order valence-electron chi connectivity index (χ4n) is 5.02. The van der Waals surface area contributed by atoms with Crippen molar-refractivity contribution >= 4 is 37.5 Å². The highest BCUT2D eigenvalue weighted by Gasteiger charge is 2.28. The molecule has 0 amide bonds. The summed E-state index contributed by atoms with van der Waals surface area (Å²) in [5.74, 6) is 1.76. The van der Waals surface area contributed by atoms with Crippen molar-refractivity contribution in [3.05, 3.63) is 42.2 Å². The third kappa shape index (κ3) is 5.13. The molecule has 180 valence electrons. The minimum absolute atomic E-state index is 0.00449. The number of aromatic nitrogens is 1. The number of piperazine rings is 1. The van der Waals surface area contributed by atoms with E-state index in [2.05, 4.69) is 38.8 Å². The highest BCUT2D eigenvalue weighted by atomic mass is 32.2. The number of fused-ring (bicyclic) bond motifs is 1. The summed E-state index contributed by atoms with van der Waals surface area (Å²) in [6, 6.07) is 12.9. The molecule has 1 N–H and O–H groups in total. The van der Waals surface area contributed by atoms with Crippen molar-refractivity contribution in [3.8, 4) is 6.07 Å². The van der Waals surface area contributed by atoms with Crippen LogP contribution in [0.5, 0.6) is 0 Å². The lowest BCUT2D eigenvalue weighted by atomic mass is 9.84. The lowest BCUT2D eigenvalue weighted by Crippen LogP contribution is -2.47. The van der Waals surface area contributed by atoms with Crippen LogP contribution >= 0.6 is 11.5 Å². The maximum Gasteiger partial charge on any atom is 0.274 e. The summed E-state index contributed by atoms with van der Waals surface area (Å²) < 4.78 is 38.8. The van der Waals surface area contributed by atoms with Gasteiger partial charge in [-0.25, -0.2) is 13.1 Å². The molecule has 0 unspecified atom stereocenters. The zero-order chi connectivity index (χ0) is 23.5. The lowest BCUT2D eigenvalue weighted by Gasteiger charge is -2.36. The Bertz CT molecular complexity index is 1260. The van der Waals surface area contributed by atoms with Crippen LogP contribution in [-0.4, -0.2) is 56.5 Å². The molecule has 1 saturated heterocycles. The molecule has 34 heavy (non-hydrogen) atoms. The molecule has 2 aromatic heterocycles. The number of hydrogen-bond donors (Lipinski definition) is 1. The van der Waals surface area contributed by atoms with Crippen LogP contribution in [0, 0.1) is 17.2 Å². The van der Waals surface area contributed by atoms with Crippen molar-refractivity contribution in [1.29, 1.82) is 5.26 Å². The van der Waals surface area contributed by atoms with Gasteiger partial charge in [0.2, 0.25) is 10.9 Å². The minimum Gasteiger partial charge on any atom is -0.433 e. The topological polar surface area (TPSA) is 102 Å². The van der Waals surface area contributed by atoms with Crippen molar-refractivity contribution in [2.45, 2.75) is 43.2 Å². The molecule has 3 aromatic rings. The molecule has 0 spiro atoms. The monoisotopic (exact) mass is 499 g/mol. The van der Waals surface area contributed by atoms with Crippen molar-refractivity contribution in [2.75, 3.05) is 37.6 Å². The minimum atomic E-state index is -3.72. The van der Waals surface area contributed by atoms with Gasteiger partial charge in [-0.05, 0) is 80.4 Å². The molecule has 3 heterocycles. The van der Waals surface area contributed by atoms with Crippen LogP contribution in [0.4, 0.5) is 5.82 Å². The van der Waals surface area contributed by atoms with Crippen LogP contribution in [0.2, 0.25) is 0 Å². The van der Waals surface area contributed by atoms with Crippen molar-refractivity contribution in [3.63, 3.8) is 0 Å². The Morgan fingerprint density at radius 1 is 1.09 bits per heavy atom. The summed E-state index contributed by atoms with van der Waals surface area (Å²) in [4.78, 5) is 4.95. The summed E-state index contributed by atoms with van der Waals surface area (Å²) in [6.45, 7) is 5.20. The van der Waals surface area contributed by atoms with Gasteiger partial charge in [0, 0.05) is 37.6 Å². The van der Waals surface area contributed by atoms with Gasteiger partial charge in [0.1, 0.15) is 11.9 Å². The maximum atomic E-state index is 12.5. The fourth-order valence-corrected chi connectivity index (χ4v) is 7.05. The number of hydrogen-bond acceptors (Lipinski definition) is 8. The smallest absolute Gasteiger partial charge is 0.274 e. The van der Waals surface area contributed by atoms with Gasteiger partial charge in [0.15, 0.2) is 0 Å². The first-order valence-electron chi connectivity index (χ1n) is 11.9. The predicted octanol–water partition coefficient (Wildman–Crippen LogP) is 3.81. The zero-order valence-electron chi connectivity index (χ0n) is 19.0. The van der Waals surface area contributed by atoms with E-state index >= 15 is 0 Å². The first-order chi connectivity index (χ1) is 16.5. The molecule has 1 aliphatic heterocycles. The van der Waals surface area contributed by atoms with E-state index in [-0.39, 0.29) is 16.9 Å². The lowest BCUT2D eigenvalue weighted by molar-refractivity contribution is 0.214. The molecule has 0 bridgehead atoms. The molecular formula is C24H29N5O3S2. The van der Waals surface area contributed by atoms with Crippen LogP contribution in [0.3, 0.4) is 0 Å². The second-order valence-electron chi connectivity index (χ2n) is 9.19. The molecule has 2 fully saturated rings. The van der Waals surface area contributed by atoms with E-state index in [4.69, 9.17) is 14.1 Å². The van der Waals surface area contributed by atoms with Gasteiger partial charge in [0.25, 0.3) is 10.0 Å². The largest absolute Gasteiger partial charge is 0.433 e. The molecule has 10 heteroatoms. The third-order valence-electron chi connectivity index (χ3n) is 7.01. The van der Waals surface area contributed by atoms with Gasteiger partial charge >= 0.3 is 0 Å². The van der Waals surface area contributed by atoms with E-state index in [1.807, 2.05) is 6.07 Å². The van der Waals surface area contributed by atoms with Crippen molar-refractivity contribution in [2.24, 2.45) is 5.92 Å². The van der Waals surface area contributed by atoms with Gasteiger partial charge in [-0.15, -0.1) is 0 Å². The molecule has 0 radical (unpaired) electrons. The van der Waals surface area contributed by atoms with E-state index in [1.165, 1.54) is 22.2 Å². The first kappa shape index (κ1) is 23.3. The number of nitriles is 1. The van der Waals surface area contributed by atoms with Crippen LogP contribution in [0.25, 0.3) is 10.1 Å². The second kappa shape index (κ2) is 10.0. The molecule has 2 aliphatic rings. The quantitative estimate of drug-likeness (QED) is 0.527. The Kier molecular flexibility index (Phi) is 6.88. The number of benzene rings is 1. The number of sulfonamides is 1. The van der Waals surface area contributed by atoms with Crippen LogP contribution in [0.15, 0.2) is 45.9 Å². The highest BCUT2D eigenvalue weighted by molar-refractivity contribution is 7.89. The zero-order valence-corrected chi connectivity index (χ0v) is 20.7. The van der Waals surface area contributed by atoms with E-state index in [1.54, 1.807) is 11.5 Å². The summed E-state index contributed by atoms with van der Waals surface area (Å²) in [6.07, 6.45) is 4.88. The Labute approximate surface area is 204 Å². The number of anilines is 1. The summed E-state index contributed by atoms with van der Waals surface area (Å²) in [5.41, 5.74) is 0. The van der Waals surface area contributed by atoms with Gasteiger partial charge in [-0.3, -0.25) is 4.90 Å². The molecule has 8 nitrogen and oxygen atoms in total. The Balaban J connectivity index is 1.04. The Morgan fingerprint density at radius 2 is 1.85 bits per heavy atom. The van der Waals surface area contributed by atoms with Crippen molar-refractivity contribution in [1.82, 2.24) is 14.0 Å². The van der Waals surface area contributed by atoms with Gasteiger partial charge in [-0.1, -0.05) is 12.1 Å². The second-order valence-corrected chi connectivity index (χ2v) is 11.6. The molecule has 1 aliphatic carbocycles. The molecule has 1 aromatic carbocycles. The van der Waals surface area contributed by atoms with Crippen LogP contribution in [-0.2, 0) is 10.0 Å². The Morgan fingerprint density at radius 3 is 2.59 bits per heavy atom. The van der Waals surface area contributed by atoms with E-state index in [0.29, 0.717) is 5.92 Å². The summed E-state index contributed by atoms with van der Waals surface area (Å²) in [7, 11) is -3.72. The van der Waals surface area contributed by atoms with Crippen LogP contribution < -0.4 is 9.62 Å². The molecule has 1 saturated carbocycles.